The first-order valence-corrected chi connectivity index (χ1v) is 8.93. The quantitative estimate of drug-likeness (QED) is 0.349. The van der Waals surface area contributed by atoms with E-state index < -0.39 is 10.3 Å². The van der Waals surface area contributed by atoms with E-state index >= 15 is 0 Å². The van der Waals surface area contributed by atoms with Crippen LogP contribution in [0.1, 0.15) is 52.7 Å². The van der Waals surface area contributed by atoms with Gasteiger partial charge in [0.05, 0.1) is 10.6 Å². The van der Waals surface area contributed by atoms with Crippen LogP contribution in [0.3, 0.4) is 0 Å². The first kappa shape index (κ1) is 20.8. The molecule has 2 rings (SSSR count). The molecule has 0 saturated carbocycles. The Kier molecular flexibility index (Phi) is 5.61. The summed E-state index contributed by atoms with van der Waals surface area (Å²) in [4.78, 5) is 10.8. The van der Waals surface area contributed by atoms with Crippen LogP contribution in [0.5, 0.6) is 5.75 Å². The van der Waals surface area contributed by atoms with E-state index in [1.165, 1.54) is 18.2 Å². The van der Waals surface area contributed by atoms with Crippen LogP contribution in [0.25, 0.3) is 0 Å². The molecular weight excluding hydrogens is 366 g/mol. The number of nitrogens with zero attached hydrogens (tertiary/aromatic N) is 3. The van der Waals surface area contributed by atoms with E-state index in [0.717, 1.165) is 5.56 Å². The Morgan fingerprint density at radius 3 is 2.15 bits per heavy atom. The van der Waals surface area contributed by atoms with Crippen molar-refractivity contribution >= 4 is 28.7 Å². The second kappa shape index (κ2) is 7.27. The third-order valence-corrected chi connectivity index (χ3v) is 4.34. The van der Waals surface area contributed by atoms with E-state index in [0.29, 0.717) is 11.3 Å². The number of benzene rings is 2. The summed E-state index contributed by atoms with van der Waals surface area (Å²) in [6, 6.07) is 7.70. The molecule has 0 heterocycles. The van der Waals surface area contributed by atoms with Crippen molar-refractivity contribution < 1.29 is 10.0 Å². The fraction of sp³-hybridized carbons (Fsp3) is 0.400. The highest BCUT2D eigenvalue weighted by Gasteiger charge is 2.29. The van der Waals surface area contributed by atoms with E-state index in [4.69, 9.17) is 11.6 Å². The molecule has 0 aliphatic carbocycles. The lowest BCUT2D eigenvalue weighted by Crippen LogP contribution is -2.17. The van der Waals surface area contributed by atoms with Crippen molar-refractivity contribution in [2.75, 3.05) is 0 Å². The Morgan fingerprint density at radius 2 is 1.63 bits per heavy atom. The molecule has 2 aromatic carbocycles. The molecule has 2 aromatic rings. The summed E-state index contributed by atoms with van der Waals surface area (Å²) >= 11 is 5.86. The van der Waals surface area contributed by atoms with Gasteiger partial charge in [-0.15, -0.1) is 10.2 Å². The molecule has 0 aliphatic rings. The standard InChI is InChI=1S/C20H24ClN3O3/c1-19(2,3)13-8-10-16(25)17(20(4,5)6)18(13)23-22-14-9-7-12(21)11-15(14)24(26)27/h7-11,25H,1-6H3. The first-order valence-electron chi connectivity index (χ1n) is 8.55. The van der Waals surface area contributed by atoms with Gasteiger partial charge in [-0.05, 0) is 34.6 Å². The monoisotopic (exact) mass is 389 g/mol. The fourth-order valence-corrected chi connectivity index (χ4v) is 3.03. The van der Waals surface area contributed by atoms with Crippen LogP contribution in [0.4, 0.5) is 17.1 Å². The fourth-order valence-electron chi connectivity index (χ4n) is 2.86. The highest BCUT2D eigenvalue weighted by atomic mass is 35.5. The van der Waals surface area contributed by atoms with Crippen molar-refractivity contribution in [2.24, 2.45) is 10.2 Å². The zero-order valence-corrected chi connectivity index (χ0v) is 17.1. The van der Waals surface area contributed by atoms with Crippen LogP contribution in [-0.2, 0) is 10.8 Å². The van der Waals surface area contributed by atoms with Gasteiger partial charge < -0.3 is 5.11 Å². The van der Waals surface area contributed by atoms with Gasteiger partial charge in [0.25, 0.3) is 5.69 Å². The second-order valence-electron chi connectivity index (χ2n) is 8.45. The van der Waals surface area contributed by atoms with Crippen molar-refractivity contribution in [3.05, 3.63) is 56.6 Å². The highest BCUT2D eigenvalue weighted by Crippen LogP contribution is 2.45. The van der Waals surface area contributed by atoms with E-state index in [-0.39, 0.29) is 27.6 Å². The highest BCUT2D eigenvalue weighted by molar-refractivity contribution is 6.30. The number of hydrogen-bond acceptors (Lipinski definition) is 5. The number of phenols is 1. The van der Waals surface area contributed by atoms with Gasteiger partial charge in [-0.2, -0.15) is 0 Å². The topological polar surface area (TPSA) is 88.1 Å². The average Bonchev–Trinajstić information content (AvgIpc) is 2.50. The molecule has 6 nitrogen and oxygen atoms in total. The van der Waals surface area contributed by atoms with Crippen LogP contribution in [0, 0.1) is 10.1 Å². The van der Waals surface area contributed by atoms with Crippen LogP contribution >= 0.6 is 11.6 Å². The number of nitro groups is 1. The molecule has 0 amide bonds. The van der Waals surface area contributed by atoms with Gasteiger partial charge in [0.2, 0.25) is 0 Å². The maximum atomic E-state index is 11.3. The summed E-state index contributed by atoms with van der Waals surface area (Å²) in [6.45, 7) is 12.0. The van der Waals surface area contributed by atoms with Crippen LogP contribution in [0.15, 0.2) is 40.6 Å². The molecule has 0 radical (unpaired) electrons. The Bertz CT molecular complexity index is 910. The number of nitro benzene ring substituents is 1. The third kappa shape index (κ3) is 4.63. The molecule has 0 atom stereocenters. The van der Waals surface area contributed by atoms with E-state index in [9.17, 15) is 15.2 Å². The first-order chi connectivity index (χ1) is 12.3. The largest absolute Gasteiger partial charge is 0.508 e. The SMILES string of the molecule is CC(C)(C)c1ccc(O)c(C(C)(C)C)c1N=Nc1ccc(Cl)cc1[N+](=O)[O-]. The molecule has 0 unspecified atom stereocenters. The van der Waals surface area contributed by atoms with Gasteiger partial charge in [-0.1, -0.05) is 59.2 Å². The van der Waals surface area contributed by atoms with Crippen LogP contribution in [0.2, 0.25) is 5.02 Å². The zero-order valence-electron chi connectivity index (χ0n) is 16.4. The third-order valence-electron chi connectivity index (χ3n) is 4.11. The molecule has 1 N–H and O–H groups in total. The van der Waals surface area contributed by atoms with Crippen LogP contribution in [-0.4, -0.2) is 10.0 Å². The number of azo groups is 1. The van der Waals surface area contributed by atoms with Gasteiger partial charge in [0.15, 0.2) is 5.69 Å². The molecule has 27 heavy (non-hydrogen) atoms. The molecule has 0 saturated heterocycles. The molecule has 0 fully saturated rings. The molecule has 0 aliphatic heterocycles. The van der Waals surface area contributed by atoms with Gasteiger partial charge in [0.1, 0.15) is 5.75 Å². The summed E-state index contributed by atoms with van der Waals surface area (Å²) in [5, 5.41) is 30.5. The Morgan fingerprint density at radius 1 is 1.00 bits per heavy atom. The van der Waals surface area contributed by atoms with Crippen LogP contribution < -0.4 is 0 Å². The minimum atomic E-state index is -0.544. The molecule has 144 valence electrons. The Balaban J connectivity index is 2.74. The lowest BCUT2D eigenvalue weighted by atomic mass is 9.78. The van der Waals surface area contributed by atoms with E-state index in [2.05, 4.69) is 10.2 Å². The lowest BCUT2D eigenvalue weighted by Gasteiger charge is -2.28. The van der Waals surface area contributed by atoms with E-state index in [1.807, 2.05) is 47.6 Å². The molecule has 0 spiro atoms. The van der Waals surface area contributed by atoms with E-state index in [1.54, 1.807) is 6.07 Å². The second-order valence-corrected chi connectivity index (χ2v) is 8.88. The predicted octanol–water partition coefficient (Wildman–Crippen LogP) is 6.96. The summed E-state index contributed by atoms with van der Waals surface area (Å²) in [5.74, 6) is 0.120. The molecule has 0 aromatic heterocycles. The molecular formula is C20H24ClN3O3. The van der Waals surface area contributed by atoms with Crippen molar-refractivity contribution in [1.82, 2.24) is 0 Å². The van der Waals surface area contributed by atoms with Gasteiger partial charge in [-0.3, -0.25) is 10.1 Å². The maximum absolute atomic E-state index is 11.3. The number of hydrogen-bond donors (Lipinski definition) is 1. The average molecular weight is 390 g/mol. The zero-order chi connectivity index (χ0) is 20.6. The number of rotatable bonds is 3. The molecule has 0 bridgehead atoms. The molecule has 7 heteroatoms. The van der Waals surface area contributed by atoms with Crippen molar-refractivity contribution in [1.29, 1.82) is 0 Å². The number of halogens is 1. The number of aromatic hydroxyl groups is 1. The normalized spacial score (nSPS) is 12.6. The summed E-state index contributed by atoms with van der Waals surface area (Å²) in [6.07, 6.45) is 0. The van der Waals surface area contributed by atoms with Crippen molar-refractivity contribution in [3.63, 3.8) is 0 Å². The summed E-state index contributed by atoms with van der Waals surface area (Å²) < 4.78 is 0. The smallest absolute Gasteiger partial charge is 0.298 e. The minimum Gasteiger partial charge on any atom is -0.508 e. The summed E-state index contributed by atoms with van der Waals surface area (Å²) in [7, 11) is 0. The van der Waals surface area contributed by atoms with Gasteiger partial charge in [0, 0.05) is 16.7 Å². The summed E-state index contributed by atoms with van der Waals surface area (Å²) in [5.41, 5.74) is 1.30. The minimum absolute atomic E-state index is 0.104. The van der Waals surface area contributed by atoms with Crippen molar-refractivity contribution in [3.8, 4) is 5.75 Å². The van der Waals surface area contributed by atoms with Gasteiger partial charge in [-0.25, -0.2) is 0 Å². The Hall–Kier alpha value is -2.47. The lowest BCUT2D eigenvalue weighted by molar-refractivity contribution is -0.384. The predicted molar refractivity (Wildman–Crippen MR) is 108 cm³/mol. The Labute approximate surface area is 164 Å². The number of phenolic OH excluding ortho intramolecular Hbond substituents is 1. The maximum Gasteiger partial charge on any atom is 0.298 e. The van der Waals surface area contributed by atoms with Gasteiger partial charge >= 0.3 is 0 Å². The van der Waals surface area contributed by atoms with Crippen molar-refractivity contribution in [2.45, 2.75) is 52.4 Å².